The molecule has 0 bridgehead atoms. The van der Waals surface area contributed by atoms with E-state index in [9.17, 15) is 13.2 Å². The number of benzene rings is 1. The smallest absolute Gasteiger partial charge is 0.253 e. The Morgan fingerprint density at radius 1 is 1.04 bits per heavy atom. The molecule has 0 aliphatic heterocycles. The third-order valence-electron chi connectivity index (χ3n) is 2.92. The second-order valence-corrected chi connectivity index (χ2v) is 6.81. The topological polar surface area (TPSA) is 87.3 Å². The lowest BCUT2D eigenvalue weighted by Gasteiger charge is -2.12. The van der Waals surface area contributed by atoms with E-state index >= 15 is 0 Å². The second kappa shape index (κ2) is 11.3. The minimum Gasteiger partial charge on any atom is -0.351 e. The predicted molar refractivity (Wildman–Crippen MR) is 96.9 cm³/mol. The van der Waals surface area contributed by atoms with Gasteiger partial charge in [0.05, 0.1) is 17.0 Å². The van der Waals surface area contributed by atoms with Crippen molar-refractivity contribution in [3.63, 3.8) is 0 Å². The highest BCUT2D eigenvalue weighted by Crippen LogP contribution is 2.16. The average molecular weight is 364 g/mol. The molecule has 23 heavy (non-hydrogen) atoms. The van der Waals surface area contributed by atoms with Crippen molar-refractivity contribution < 1.29 is 13.2 Å². The van der Waals surface area contributed by atoms with Crippen molar-refractivity contribution in [3.05, 3.63) is 29.8 Å². The number of halogens is 1. The van der Waals surface area contributed by atoms with Gasteiger partial charge in [0.25, 0.3) is 5.91 Å². The molecule has 1 aromatic carbocycles. The molecule has 0 spiro atoms. The highest BCUT2D eigenvalue weighted by molar-refractivity contribution is 7.92. The minimum absolute atomic E-state index is 0. The fraction of sp³-hybridized carbons (Fsp3) is 0.533. The number of nitrogens with one attached hydrogen (secondary N) is 3. The van der Waals surface area contributed by atoms with Crippen LogP contribution in [0.5, 0.6) is 0 Å². The van der Waals surface area contributed by atoms with Crippen molar-refractivity contribution in [2.45, 2.75) is 26.7 Å². The van der Waals surface area contributed by atoms with Gasteiger partial charge < -0.3 is 10.6 Å². The summed E-state index contributed by atoms with van der Waals surface area (Å²) in [4.78, 5) is 12.2. The standard InChI is InChI=1S/C15H25N3O3S.ClH/c1-3-9-16-10-11-17-15(19)13-7-5-6-8-14(13)18-22(20,21)12-4-2;/h5-8,16,18H,3-4,9-12H2,1-2H3,(H,17,19);1H. The summed E-state index contributed by atoms with van der Waals surface area (Å²) >= 11 is 0. The molecule has 0 unspecified atom stereocenters. The van der Waals surface area contributed by atoms with Crippen LogP contribution in [0.1, 0.15) is 37.0 Å². The molecule has 1 aromatic rings. The fourth-order valence-electron chi connectivity index (χ4n) is 1.92. The predicted octanol–water partition coefficient (Wildman–Crippen LogP) is 1.99. The van der Waals surface area contributed by atoms with Crippen molar-refractivity contribution in [2.75, 3.05) is 30.1 Å². The quantitative estimate of drug-likeness (QED) is 0.555. The van der Waals surface area contributed by atoms with Gasteiger partial charge in [-0.2, -0.15) is 0 Å². The largest absolute Gasteiger partial charge is 0.351 e. The van der Waals surface area contributed by atoms with Gasteiger partial charge in [0.1, 0.15) is 0 Å². The second-order valence-electron chi connectivity index (χ2n) is 4.97. The Kier molecular flexibility index (Phi) is 10.6. The van der Waals surface area contributed by atoms with E-state index in [1.165, 1.54) is 0 Å². The van der Waals surface area contributed by atoms with Gasteiger partial charge in [0.15, 0.2) is 0 Å². The summed E-state index contributed by atoms with van der Waals surface area (Å²) < 4.78 is 26.2. The highest BCUT2D eigenvalue weighted by atomic mass is 35.5. The zero-order valence-corrected chi connectivity index (χ0v) is 15.2. The first-order chi connectivity index (χ1) is 10.5. The lowest BCUT2D eigenvalue weighted by atomic mass is 10.1. The SMILES string of the molecule is CCCNCCNC(=O)c1ccccc1NS(=O)(=O)CCC.Cl. The van der Waals surface area contributed by atoms with Crippen LogP contribution in [0.15, 0.2) is 24.3 Å². The Hall–Kier alpha value is -1.31. The van der Waals surface area contributed by atoms with Crippen molar-refractivity contribution >= 4 is 34.0 Å². The number of para-hydroxylation sites is 1. The maximum atomic E-state index is 12.2. The van der Waals surface area contributed by atoms with Crippen LogP contribution in [0, 0.1) is 0 Å². The van der Waals surface area contributed by atoms with Gasteiger partial charge in [0.2, 0.25) is 10.0 Å². The zero-order valence-electron chi connectivity index (χ0n) is 13.6. The molecule has 0 heterocycles. The number of rotatable bonds is 10. The lowest BCUT2D eigenvalue weighted by molar-refractivity contribution is 0.0955. The van der Waals surface area contributed by atoms with Gasteiger partial charge in [-0.25, -0.2) is 8.42 Å². The van der Waals surface area contributed by atoms with E-state index in [0.29, 0.717) is 30.8 Å². The van der Waals surface area contributed by atoms with Crippen molar-refractivity contribution in [1.82, 2.24) is 10.6 Å². The molecule has 132 valence electrons. The average Bonchev–Trinajstić information content (AvgIpc) is 2.47. The van der Waals surface area contributed by atoms with Gasteiger partial charge in [-0.15, -0.1) is 12.4 Å². The third kappa shape index (κ3) is 8.20. The molecule has 0 aliphatic rings. The molecule has 6 nitrogen and oxygen atoms in total. The molecule has 0 fully saturated rings. The molecule has 1 rings (SSSR count). The van der Waals surface area contributed by atoms with E-state index in [-0.39, 0.29) is 24.1 Å². The molecule has 3 N–H and O–H groups in total. The zero-order chi connectivity index (χ0) is 16.4. The first-order valence-corrected chi connectivity index (χ1v) is 9.23. The van der Waals surface area contributed by atoms with Crippen molar-refractivity contribution in [1.29, 1.82) is 0 Å². The van der Waals surface area contributed by atoms with Gasteiger partial charge >= 0.3 is 0 Å². The summed E-state index contributed by atoms with van der Waals surface area (Å²) in [6.07, 6.45) is 1.56. The van der Waals surface area contributed by atoms with Crippen LogP contribution >= 0.6 is 12.4 Å². The lowest BCUT2D eigenvalue weighted by Crippen LogP contribution is -2.32. The van der Waals surface area contributed by atoms with Crippen LogP contribution in [-0.2, 0) is 10.0 Å². The number of anilines is 1. The molecule has 0 saturated heterocycles. The molecule has 1 amide bonds. The fourth-order valence-corrected chi connectivity index (χ4v) is 3.07. The van der Waals surface area contributed by atoms with E-state index in [2.05, 4.69) is 22.3 Å². The first-order valence-electron chi connectivity index (χ1n) is 7.58. The van der Waals surface area contributed by atoms with Crippen molar-refractivity contribution in [3.8, 4) is 0 Å². The number of hydrogen-bond donors (Lipinski definition) is 3. The van der Waals surface area contributed by atoms with Gasteiger partial charge in [-0.05, 0) is 31.5 Å². The highest BCUT2D eigenvalue weighted by Gasteiger charge is 2.15. The Balaban J connectivity index is 0.00000484. The van der Waals surface area contributed by atoms with Crippen LogP contribution < -0.4 is 15.4 Å². The van der Waals surface area contributed by atoms with E-state index in [1.807, 2.05) is 0 Å². The number of carbonyl (C=O) groups excluding carboxylic acids is 1. The molecule has 0 radical (unpaired) electrons. The molecule has 0 aromatic heterocycles. The van der Waals surface area contributed by atoms with E-state index in [0.717, 1.165) is 13.0 Å². The van der Waals surface area contributed by atoms with Crippen LogP contribution in [0.25, 0.3) is 0 Å². The Labute approximate surface area is 144 Å². The van der Waals surface area contributed by atoms with E-state index in [4.69, 9.17) is 0 Å². The normalized spacial score (nSPS) is 10.7. The van der Waals surface area contributed by atoms with Crippen molar-refractivity contribution in [2.24, 2.45) is 0 Å². The number of amides is 1. The summed E-state index contributed by atoms with van der Waals surface area (Å²) in [5.41, 5.74) is 0.646. The number of sulfonamides is 1. The van der Waals surface area contributed by atoms with Crippen LogP contribution in [0.4, 0.5) is 5.69 Å². The molecular weight excluding hydrogens is 338 g/mol. The van der Waals surface area contributed by atoms with Crippen LogP contribution in [-0.4, -0.2) is 39.7 Å². The molecule has 0 aliphatic carbocycles. The summed E-state index contributed by atoms with van der Waals surface area (Å²) in [5, 5.41) is 5.97. The molecule has 0 atom stereocenters. The Bertz CT molecular complexity index is 579. The van der Waals surface area contributed by atoms with Gasteiger partial charge in [0, 0.05) is 13.1 Å². The van der Waals surface area contributed by atoms with Crippen LogP contribution in [0.2, 0.25) is 0 Å². The van der Waals surface area contributed by atoms with Gasteiger partial charge in [-0.1, -0.05) is 26.0 Å². The maximum Gasteiger partial charge on any atom is 0.253 e. The summed E-state index contributed by atoms with van der Waals surface area (Å²) in [6.45, 7) is 5.95. The van der Waals surface area contributed by atoms with E-state index in [1.54, 1.807) is 31.2 Å². The summed E-state index contributed by atoms with van der Waals surface area (Å²) in [5.74, 6) is -0.253. The van der Waals surface area contributed by atoms with E-state index < -0.39 is 10.0 Å². The first kappa shape index (κ1) is 21.7. The molecular formula is C15H26ClN3O3S. The maximum absolute atomic E-state index is 12.2. The van der Waals surface area contributed by atoms with Crippen LogP contribution in [0.3, 0.4) is 0 Å². The Morgan fingerprint density at radius 2 is 1.74 bits per heavy atom. The number of carbonyl (C=O) groups is 1. The molecule has 0 saturated carbocycles. The Morgan fingerprint density at radius 3 is 2.39 bits per heavy atom. The molecule has 8 heteroatoms. The minimum atomic E-state index is -3.42. The van der Waals surface area contributed by atoms with Gasteiger partial charge in [-0.3, -0.25) is 9.52 Å². The third-order valence-corrected chi connectivity index (χ3v) is 4.40. The monoisotopic (exact) mass is 363 g/mol. The number of hydrogen-bond acceptors (Lipinski definition) is 4. The summed E-state index contributed by atoms with van der Waals surface area (Å²) in [6, 6.07) is 6.61. The summed E-state index contributed by atoms with van der Waals surface area (Å²) in [7, 11) is -3.42.